The van der Waals surface area contributed by atoms with Gasteiger partial charge in [0, 0.05) is 18.6 Å². The predicted octanol–water partition coefficient (Wildman–Crippen LogP) is 0.00540. The van der Waals surface area contributed by atoms with Crippen LogP contribution in [-0.2, 0) is 17.9 Å². The van der Waals surface area contributed by atoms with E-state index in [0.29, 0.717) is 17.7 Å². The van der Waals surface area contributed by atoms with E-state index in [9.17, 15) is 4.79 Å². The molecular weight excluding hydrogens is 282 g/mol. The fourth-order valence-corrected chi connectivity index (χ4v) is 3.73. The lowest BCUT2D eigenvalue weighted by Gasteiger charge is -2.49. The second-order valence-corrected chi connectivity index (χ2v) is 6.79. The molecule has 4 heterocycles. The first-order chi connectivity index (χ1) is 10.6. The Kier molecular flexibility index (Phi) is 4.44. The van der Waals surface area contributed by atoms with E-state index < -0.39 is 0 Å². The number of hydrogen-bond donors (Lipinski definition) is 2. The van der Waals surface area contributed by atoms with E-state index in [-0.39, 0.29) is 24.5 Å². The highest BCUT2D eigenvalue weighted by Crippen LogP contribution is 2.36. The highest BCUT2D eigenvalue weighted by atomic mass is 16.3. The number of amides is 1. The molecule has 2 N–H and O–H groups in total. The summed E-state index contributed by atoms with van der Waals surface area (Å²) in [5.41, 5.74) is 0.602. The van der Waals surface area contributed by atoms with E-state index in [1.165, 1.54) is 0 Å². The molecule has 0 aliphatic carbocycles. The second-order valence-electron chi connectivity index (χ2n) is 6.79. The van der Waals surface area contributed by atoms with Crippen LogP contribution >= 0.6 is 0 Å². The summed E-state index contributed by atoms with van der Waals surface area (Å²) in [5.74, 6) is 0.789. The second kappa shape index (κ2) is 6.34. The van der Waals surface area contributed by atoms with Crippen molar-refractivity contribution >= 4 is 5.91 Å². The molecule has 3 fully saturated rings. The monoisotopic (exact) mass is 307 g/mol. The molecule has 4 rings (SSSR count). The summed E-state index contributed by atoms with van der Waals surface area (Å²) in [7, 11) is 0. The fraction of sp³-hybridized carbons (Fsp3) is 0.800. The minimum atomic E-state index is -0.0749. The number of carbonyl (C=O) groups is 1. The van der Waals surface area contributed by atoms with Crippen molar-refractivity contribution in [2.45, 2.75) is 51.9 Å². The zero-order valence-corrected chi connectivity index (χ0v) is 13.3. The normalized spacial score (nSPS) is 30.7. The van der Waals surface area contributed by atoms with Crippen LogP contribution in [0.25, 0.3) is 0 Å². The van der Waals surface area contributed by atoms with E-state index in [1.807, 2.05) is 13.8 Å². The topological polar surface area (TPSA) is 83.3 Å². The van der Waals surface area contributed by atoms with Crippen molar-refractivity contribution in [1.82, 2.24) is 25.2 Å². The van der Waals surface area contributed by atoms with Crippen LogP contribution in [0.15, 0.2) is 6.20 Å². The number of nitrogens with zero attached hydrogens (tertiary/aromatic N) is 4. The van der Waals surface area contributed by atoms with Crippen LogP contribution in [0.5, 0.6) is 0 Å². The quantitative estimate of drug-likeness (QED) is 0.800. The van der Waals surface area contributed by atoms with Gasteiger partial charge in [0.1, 0.15) is 5.69 Å². The molecule has 2 bridgehead atoms. The van der Waals surface area contributed by atoms with Crippen molar-refractivity contribution in [2.75, 3.05) is 13.1 Å². The highest BCUT2D eigenvalue weighted by Gasteiger charge is 2.43. The molecule has 0 aromatic carbocycles. The van der Waals surface area contributed by atoms with E-state index in [2.05, 4.69) is 20.5 Å². The van der Waals surface area contributed by atoms with Crippen molar-refractivity contribution in [3.63, 3.8) is 0 Å². The number of hydrogen-bond acceptors (Lipinski definition) is 5. The van der Waals surface area contributed by atoms with Gasteiger partial charge in [-0.25, -0.2) is 0 Å². The molecule has 3 aliphatic rings. The molecule has 122 valence electrons. The van der Waals surface area contributed by atoms with Crippen LogP contribution in [-0.4, -0.2) is 56.1 Å². The number of carbonyl (C=O) groups excluding carboxylic acids is 1. The van der Waals surface area contributed by atoms with Crippen LogP contribution in [0.1, 0.15) is 32.4 Å². The van der Waals surface area contributed by atoms with Gasteiger partial charge >= 0.3 is 0 Å². The van der Waals surface area contributed by atoms with E-state index in [1.54, 1.807) is 10.9 Å². The number of aliphatic hydroxyl groups excluding tert-OH is 1. The molecule has 22 heavy (non-hydrogen) atoms. The first kappa shape index (κ1) is 15.4. The molecular formula is C15H25N5O2. The Morgan fingerprint density at radius 3 is 2.95 bits per heavy atom. The molecule has 1 aromatic rings. The lowest BCUT2D eigenvalue weighted by atomic mass is 9.75. The summed E-state index contributed by atoms with van der Waals surface area (Å²) in [4.78, 5) is 14.7. The predicted molar refractivity (Wildman–Crippen MR) is 80.8 cm³/mol. The molecule has 0 saturated carbocycles. The molecule has 0 spiro atoms. The van der Waals surface area contributed by atoms with Gasteiger partial charge in [0.25, 0.3) is 0 Å². The third-order valence-corrected chi connectivity index (χ3v) is 4.79. The Bertz CT molecular complexity index is 530. The van der Waals surface area contributed by atoms with Crippen molar-refractivity contribution in [3.05, 3.63) is 11.9 Å². The lowest BCUT2D eigenvalue weighted by molar-refractivity contribution is -0.133. The first-order valence-electron chi connectivity index (χ1n) is 8.11. The summed E-state index contributed by atoms with van der Waals surface area (Å²) in [5, 5.41) is 20.1. The zero-order chi connectivity index (χ0) is 15.7. The summed E-state index contributed by atoms with van der Waals surface area (Å²) in [6.45, 7) is 6.62. The van der Waals surface area contributed by atoms with Gasteiger partial charge in [-0.15, -0.1) is 5.10 Å². The van der Waals surface area contributed by atoms with Gasteiger partial charge in [0.15, 0.2) is 0 Å². The largest absolute Gasteiger partial charge is 0.390 e. The number of aliphatic hydroxyl groups is 1. The van der Waals surface area contributed by atoms with Gasteiger partial charge in [-0.3, -0.25) is 14.4 Å². The number of fused-ring (bicyclic) bond motifs is 3. The Balaban J connectivity index is 1.61. The summed E-state index contributed by atoms with van der Waals surface area (Å²) in [6, 6.07) is 0.612. The average molecular weight is 307 g/mol. The molecule has 1 aromatic heterocycles. The minimum Gasteiger partial charge on any atom is -0.390 e. The van der Waals surface area contributed by atoms with Crippen LogP contribution in [0.2, 0.25) is 0 Å². The van der Waals surface area contributed by atoms with Gasteiger partial charge in [0.2, 0.25) is 5.91 Å². The molecule has 3 saturated heterocycles. The molecule has 7 nitrogen and oxygen atoms in total. The van der Waals surface area contributed by atoms with Crippen molar-refractivity contribution in [3.8, 4) is 0 Å². The Morgan fingerprint density at radius 2 is 2.36 bits per heavy atom. The minimum absolute atomic E-state index is 0.0749. The van der Waals surface area contributed by atoms with Crippen LogP contribution < -0.4 is 5.32 Å². The number of rotatable bonds is 5. The molecule has 7 heteroatoms. The maximum absolute atomic E-state index is 12.3. The fourth-order valence-electron chi connectivity index (χ4n) is 3.73. The summed E-state index contributed by atoms with van der Waals surface area (Å²) in [6.07, 6.45) is 3.93. The Labute approximate surface area is 130 Å². The zero-order valence-electron chi connectivity index (χ0n) is 13.3. The smallest absolute Gasteiger partial charge is 0.224 e. The highest BCUT2D eigenvalue weighted by molar-refractivity contribution is 5.79. The maximum atomic E-state index is 12.3. The van der Waals surface area contributed by atoms with Gasteiger partial charge in [-0.1, -0.05) is 5.21 Å². The molecule has 1 unspecified atom stereocenters. The van der Waals surface area contributed by atoms with Crippen LogP contribution in [0, 0.1) is 11.8 Å². The first-order valence-corrected chi connectivity index (χ1v) is 8.11. The van der Waals surface area contributed by atoms with Gasteiger partial charge in [-0.05, 0) is 39.2 Å². The SMILES string of the molecule is CC(C)NC(=O)[C@@H]1CN2CC[C@H]1C[C@@H]2Cn1cc(CO)nn1. The summed E-state index contributed by atoms with van der Waals surface area (Å²) < 4.78 is 1.81. The number of aromatic nitrogens is 3. The maximum Gasteiger partial charge on any atom is 0.224 e. The van der Waals surface area contributed by atoms with Crippen molar-refractivity contribution in [1.29, 1.82) is 0 Å². The third-order valence-electron chi connectivity index (χ3n) is 4.79. The van der Waals surface area contributed by atoms with E-state index >= 15 is 0 Å². The standard InChI is InChI=1S/C15H25N5O2/c1-10(2)16-15(22)14-8-19-4-3-11(14)5-13(19)7-20-6-12(9-21)17-18-20/h6,10-11,13-14,21H,3-5,7-9H2,1-2H3,(H,16,22)/t11-,13+,14+/m0/s1. The van der Waals surface area contributed by atoms with Gasteiger partial charge in [0.05, 0.1) is 25.3 Å². The molecule has 4 atom stereocenters. The molecule has 3 aliphatic heterocycles. The van der Waals surface area contributed by atoms with Crippen LogP contribution in [0.3, 0.4) is 0 Å². The average Bonchev–Trinajstić information content (AvgIpc) is 2.95. The Hall–Kier alpha value is -1.47. The summed E-state index contributed by atoms with van der Waals surface area (Å²) >= 11 is 0. The van der Waals surface area contributed by atoms with Crippen molar-refractivity contribution in [2.24, 2.45) is 11.8 Å². The van der Waals surface area contributed by atoms with Crippen LogP contribution in [0.4, 0.5) is 0 Å². The van der Waals surface area contributed by atoms with Crippen molar-refractivity contribution < 1.29 is 9.90 Å². The Morgan fingerprint density at radius 1 is 1.55 bits per heavy atom. The number of nitrogens with one attached hydrogen (secondary N) is 1. The van der Waals surface area contributed by atoms with E-state index in [4.69, 9.17) is 5.11 Å². The number of piperidine rings is 3. The molecule has 1 amide bonds. The lowest BCUT2D eigenvalue weighted by Crippen LogP contribution is -2.58. The van der Waals surface area contributed by atoms with Gasteiger partial charge in [-0.2, -0.15) is 0 Å². The molecule has 0 radical (unpaired) electrons. The van der Waals surface area contributed by atoms with E-state index in [0.717, 1.165) is 32.5 Å². The van der Waals surface area contributed by atoms with Gasteiger partial charge < -0.3 is 10.4 Å². The third kappa shape index (κ3) is 3.15.